The SMILES string of the molecule is COCCN(C(=O)CC1(N)CCCCC1)C(C)COC. The molecule has 0 saturated heterocycles. The van der Waals surface area contributed by atoms with Crippen LogP contribution in [0.1, 0.15) is 45.4 Å². The van der Waals surface area contributed by atoms with Crippen LogP contribution >= 0.6 is 0 Å². The molecule has 1 aliphatic rings. The number of nitrogens with two attached hydrogens (primary N) is 1. The first-order valence-electron chi connectivity index (χ1n) is 7.58. The minimum absolute atomic E-state index is 0.0508. The molecule has 20 heavy (non-hydrogen) atoms. The number of rotatable bonds is 8. The van der Waals surface area contributed by atoms with E-state index in [1.807, 2.05) is 11.8 Å². The number of carbonyl (C=O) groups excluding carboxylic acids is 1. The van der Waals surface area contributed by atoms with E-state index in [0.29, 0.717) is 26.2 Å². The smallest absolute Gasteiger partial charge is 0.224 e. The highest BCUT2D eigenvalue weighted by Gasteiger charge is 2.32. The van der Waals surface area contributed by atoms with E-state index in [-0.39, 0.29) is 17.5 Å². The Labute approximate surface area is 122 Å². The Morgan fingerprint density at radius 1 is 1.25 bits per heavy atom. The molecule has 5 nitrogen and oxygen atoms in total. The van der Waals surface area contributed by atoms with Gasteiger partial charge in [0.25, 0.3) is 0 Å². The molecule has 1 rings (SSSR count). The van der Waals surface area contributed by atoms with E-state index < -0.39 is 0 Å². The Morgan fingerprint density at radius 2 is 1.90 bits per heavy atom. The molecule has 1 fully saturated rings. The lowest BCUT2D eigenvalue weighted by Crippen LogP contribution is -2.50. The second-order valence-electron chi connectivity index (χ2n) is 5.98. The molecule has 0 aromatic rings. The summed E-state index contributed by atoms with van der Waals surface area (Å²) >= 11 is 0. The summed E-state index contributed by atoms with van der Waals surface area (Å²) in [6, 6.07) is 0.0508. The number of ether oxygens (including phenoxy) is 2. The van der Waals surface area contributed by atoms with Crippen molar-refractivity contribution in [1.29, 1.82) is 0 Å². The Kier molecular flexibility index (Phi) is 7.48. The summed E-state index contributed by atoms with van der Waals surface area (Å²) < 4.78 is 10.3. The van der Waals surface area contributed by atoms with Gasteiger partial charge in [0.2, 0.25) is 5.91 Å². The van der Waals surface area contributed by atoms with Gasteiger partial charge in [0.1, 0.15) is 0 Å². The van der Waals surface area contributed by atoms with Gasteiger partial charge in [-0.1, -0.05) is 19.3 Å². The normalized spacial score (nSPS) is 19.6. The summed E-state index contributed by atoms with van der Waals surface area (Å²) in [5.74, 6) is 0.121. The predicted molar refractivity (Wildman–Crippen MR) is 79.5 cm³/mol. The van der Waals surface area contributed by atoms with Crippen LogP contribution < -0.4 is 5.73 Å². The van der Waals surface area contributed by atoms with Crippen LogP contribution in [0.25, 0.3) is 0 Å². The van der Waals surface area contributed by atoms with Gasteiger partial charge in [-0.15, -0.1) is 0 Å². The lowest BCUT2D eigenvalue weighted by molar-refractivity contribution is -0.136. The van der Waals surface area contributed by atoms with Crippen LogP contribution in [0.4, 0.5) is 0 Å². The van der Waals surface area contributed by atoms with Crippen molar-refractivity contribution >= 4 is 5.91 Å². The Bertz CT molecular complexity index is 291. The summed E-state index contributed by atoms with van der Waals surface area (Å²) in [7, 11) is 3.30. The van der Waals surface area contributed by atoms with Gasteiger partial charge in [0.15, 0.2) is 0 Å². The summed E-state index contributed by atoms with van der Waals surface area (Å²) in [5.41, 5.74) is 6.08. The number of nitrogens with zero attached hydrogens (tertiary/aromatic N) is 1. The van der Waals surface area contributed by atoms with Gasteiger partial charge in [0.05, 0.1) is 19.3 Å². The lowest BCUT2D eigenvalue weighted by Gasteiger charge is -2.36. The molecule has 2 N–H and O–H groups in total. The van der Waals surface area contributed by atoms with Gasteiger partial charge >= 0.3 is 0 Å². The topological polar surface area (TPSA) is 64.8 Å². The van der Waals surface area contributed by atoms with Crippen LogP contribution in [0.2, 0.25) is 0 Å². The minimum Gasteiger partial charge on any atom is -0.383 e. The Balaban J connectivity index is 2.61. The van der Waals surface area contributed by atoms with E-state index >= 15 is 0 Å². The van der Waals surface area contributed by atoms with Crippen LogP contribution in [0, 0.1) is 0 Å². The molecular formula is C15H30N2O3. The molecule has 1 amide bonds. The van der Waals surface area contributed by atoms with Gasteiger partial charge < -0.3 is 20.1 Å². The maximum absolute atomic E-state index is 12.6. The lowest BCUT2D eigenvalue weighted by atomic mass is 9.80. The minimum atomic E-state index is -0.312. The molecule has 0 aromatic heterocycles. The van der Waals surface area contributed by atoms with Crippen molar-refractivity contribution in [3.63, 3.8) is 0 Å². The molecule has 0 radical (unpaired) electrons. The summed E-state index contributed by atoms with van der Waals surface area (Å²) in [6.45, 7) is 3.67. The average molecular weight is 286 g/mol. The molecule has 1 unspecified atom stereocenters. The Hall–Kier alpha value is -0.650. The molecule has 0 heterocycles. The van der Waals surface area contributed by atoms with Crippen LogP contribution in [-0.4, -0.2) is 56.4 Å². The van der Waals surface area contributed by atoms with Crippen molar-refractivity contribution < 1.29 is 14.3 Å². The second-order valence-corrected chi connectivity index (χ2v) is 5.98. The zero-order chi connectivity index (χ0) is 15.0. The van der Waals surface area contributed by atoms with Crippen molar-refractivity contribution in [3.8, 4) is 0 Å². The van der Waals surface area contributed by atoms with Crippen molar-refractivity contribution in [2.45, 2.75) is 57.0 Å². The summed E-state index contributed by atoms with van der Waals surface area (Å²) in [4.78, 5) is 14.4. The van der Waals surface area contributed by atoms with E-state index in [4.69, 9.17) is 15.2 Å². The number of carbonyl (C=O) groups is 1. The van der Waals surface area contributed by atoms with E-state index in [2.05, 4.69) is 0 Å². The molecular weight excluding hydrogens is 256 g/mol. The molecule has 1 aliphatic carbocycles. The maximum Gasteiger partial charge on any atom is 0.224 e. The third-order valence-corrected chi connectivity index (χ3v) is 4.15. The van der Waals surface area contributed by atoms with Crippen molar-refractivity contribution in [2.75, 3.05) is 34.0 Å². The van der Waals surface area contributed by atoms with Crippen molar-refractivity contribution in [3.05, 3.63) is 0 Å². The first-order chi connectivity index (χ1) is 9.52. The Morgan fingerprint density at radius 3 is 2.45 bits per heavy atom. The zero-order valence-corrected chi connectivity index (χ0v) is 13.2. The third kappa shape index (κ3) is 5.38. The molecule has 0 aromatic carbocycles. The summed E-state index contributed by atoms with van der Waals surface area (Å²) in [5, 5.41) is 0. The van der Waals surface area contributed by atoms with Gasteiger partial charge in [-0.2, -0.15) is 0 Å². The fraction of sp³-hybridized carbons (Fsp3) is 0.933. The first-order valence-corrected chi connectivity index (χ1v) is 7.58. The fourth-order valence-electron chi connectivity index (χ4n) is 2.95. The highest BCUT2D eigenvalue weighted by Crippen LogP contribution is 2.29. The standard InChI is InChI=1S/C15H30N2O3/c1-13(12-20-3)17(9-10-19-2)14(18)11-15(16)7-5-4-6-8-15/h13H,4-12,16H2,1-3H3. The summed E-state index contributed by atoms with van der Waals surface area (Å²) in [6.07, 6.45) is 5.85. The number of amides is 1. The zero-order valence-electron chi connectivity index (χ0n) is 13.2. The largest absolute Gasteiger partial charge is 0.383 e. The van der Waals surface area contributed by atoms with E-state index in [0.717, 1.165) is 25.7 Å². The number of hydrogen-bond donors (Lipinski definition) is 1. The number of hydrogen-bond acceptors (Lipinski definition) is 4. The number of methoxy groups -OCH3 is 2. The molecule has 0 aliphatic heterocycles. The van der Waals surface area contributed by atoms with E-state index in [9.17, 15) is 4.79 Å². The molecule has 1 saturated carbocycles. The van der Waals surface area contributed by atoms with Crippen LogP contribution in [0.15, 0.2) is 0 Å². The van der Waals surface area contributed by atoms with Gasteiger partial charge in [-0.3, -0.25) is 4.79 Å². The van der Waals surface area contributed by atoms with Gasteiger partial charge in [0, 0.05) is 32.7 Å². The van der Waals surface area contributed by atoms with Crippen molar-refractivity contribution in [2.24, 2.45) is 5.73 Å². The van der Waals surface area contributed by atoms with Gasteiger partial charge in [-0.05, 0) is 19.8 Å². The highest BCUT2D eigenvalue weighted by atomic mass is 16.5. The van der Waals surface area contributed by atoms with Crippen LogP contribution in [0.5, 0.6) is 0 Å². The van der Waals surface area contributed by atoms with Crippen LogP contribution in [0.3, 0.4) is 0 Å². The quantitative estimate of drug-likeness (QED) is 0.735. The third-order valence-electron chi connectivity index (χ3n) is 4.15. The molecule has 118 valence electrons. The predicted octanol–water partition coefficient (Wildman–Crippen LogP) is 1.55. The van der Waals surface area contributed by atoms with Gasteiger partial charge in [-0.25, -0.2) is 0 Å². The average Bonchev–Trinajstić information content (AvgIpc) is 2.39. The molecule has 5 heteroatoms. The maximum atomic E-state index is 12.6. The van der Waals surface area contributed by atoms with Crippen molar-refractivity contribution in [1.82, 2.24) is 4.90 Å². The highest BCUT2D eigenvalue weighted by molar-refractivity contribution is 5.77. The molecule has 0 bridgehead atoms. The van der Waals surface area contributed by atoms with E-state index in [1.54, 1.807) is 14.2 Å². The monoisotopic (exact) mass is 286 g/mol. The van der Waals surface area contributed by atoms with E-state index in [1.165, 1.54) is 6.42 Å². The van der Waals surface area contributed by atoms with Crippen LogP contribution in [-0.2, 0) is 14.3 Å². The molecule has 0 spiro atoms. The fourth-order valence-corrected chi connectivity index (χ4v) is 2.95. The first kappa shape index (κ1) is 17.4. The second kappa shape index (κ2) is 8.60. The molecule has 1 atom stereocenters.